The van der Waals surface area contributed by atoms with Crippen molar-refractivity contribution in [3.05, 3.63) is 130 Å². The van der Waals surface area contributed by atoms with Crippen LogP contribution in [-0.4, -0.2) is 43.8 Å². The molecule has 2 aliphatic rings. The van der Waals surface area contributed by atoms with Gasteiger partial charge in [-0.1, -0.05) is 97.8 Å². The maximum atomic E-state index is 14.7. The van der Waals surface area contributed by atoms with Crippen molar-refractivity contribution in [2.75, 3.05) is 6.54 Å². The molecule has 2 heterocycles. The number of piperidine rings is 2. The molecule has 0 saturated carbocycles. The average molecular weight is 671 g/mol. The SMILES string of the molecule is CCc1ccc(C2C[C@H]3C(CN2S(=O)(=O)c2ccc(C)cc2)C(=O)CC(c2ccc(CC)cc2)N3S(=O)(=O)c2ccc(C)cc2)cc1. The second-order valence-corrected chi connectivity index (χ2v) is 16.6. The topological polar surface area (TPSA) is 91.8 Å². The van der Waals surface area contributed by atoms with Crippen LogP contribution in [-0.2, 0) is 37.7 Å². The molecule has 7 nitrogen and oxygen atoms in total. The molecule has 2 fully saturated rings. The van der Waals surface area contributed by atoms with Crippen LogP contribution in [0.2, 0.25) is 0 Å². The zero-order valence-corrected chi connectivity index (χ0v) is 29.0. The van der Waals surface area contributed by atoms with Gasteiger partial charge in [0.05, 0.1) is 21.9 Å². The molecule has 4 atom stereocenters. The first-order valence-corrected chi connectivity index (χ1v) is 19.2. The first-order chi connectivity index (χ1) is 22.4. The van der Waals surface area contributed by atoms with Gasteiger partial charge in [-0.15, -0.1) is 0 Å². The van der Waals surface area contributed by atoms with Gasteiger partial charge in [0.2, 0.25) is 20.0 Å². The Labute approximate surface area is 279 Å². The zero-order valence-electron chi connectivity index (χ0n) is 27.3. The summed E-state index contributed by atoms with van der Waals surface area (Å²) in [5.41, 5.74) is 5.63. The first kappa shape index (κ1) is 33.3. The average Bonchev–Trinajstić information content (AvgIpc) is 3.08. The summed E-state index contributed by atoms with van der Waals surface area (Å²) in [4.78, 5) is 14.4. The summed E-state index contributed by atoms with van der Waals surface area (Å²) >= 11 is 0. The van der Waals surface area contributed by atoms with E-state index in [1.54, 1.807) is 48.5 Å². The van der Waals surface area contributed by atoms with Gasteiger partial charge in [0.15, 0.2) is 0 Å². The Morgan fingerprint density at radius 2 is 1.06 bits per heavy atom. The number of carbonyl (C=O) groups is 1. The minimum absolute atomic E-state index is 0.0357. The monoisotopic (exact) mass is 670 g/mol. The molecule has 246 valence electrons. The van der Waals surface area contributed by atoms with Crippen molar-refractivity contribution in [3.63, 3.8) is 0 Å². The smallest absolute Gasteiger partial charge is 0.243 e. The van der Waals surface area contributed by atoms with E-state index in [-0.39, 0.29) is 35.0 Å². The zero-order chi connectivity index (χ0) is 33.5. The summed E-state index contributed by atoms with van der Waals surface area (Å²) < 4.78 is 61.1. The standard InChI is InChI=1S/C38H42N2O5S2/c1-5-28-11-15-30(16-12-28)35-23-37-34(25-39(35)46(42,43)32-19-7-26(3)8-20-32)38(41)24-36(31-17-13-29(6-2)14-18-31)40(37)47(44,45)33-21-9-27(4)10-22-33/h7-22,34-37H,5-6,23-25H2,1-4H3/t34?,35?,36?,37-/m0/s1. The van der Waals surface area contributed by atoms with Gasteiger partial charge in [0.25, 0.3) is 0 Å². The second-order valence-electron chi connectivity index (χ2n) is 12.8. The molecule has 3 unspecified atom stereocenters. The third-order valence-electron chi connectivity index (χ3n) is 9.87. The number of rotatable bonds is 8. The van der Waals surface area contributed by atoms with Crippen LogP contribution in [0.4, 0.5) is 0 Å². The number of fused-ring (bicyclic) bond motifs is 1. The molecule has 0 radical (unpaired) electrons. The van der Waals surface area contributed by atoms with Crippen molar-refractivity contribution in [3.8, 4) is 0 Å². The molecular formula is C38H42N2O5S2. The van der Waals surface area contributed by atoms with Crippen LogP contribution < -0.4 is 0 Å². The van der Waals surface area contributed by atoms with Crippen LogP contribution in [0.15, 0.2) is 107 Å². The van der Waals surface area contributed by atoms with Crippen LogP contribution in [0.5, 0.6) is 0 Å². The van der Waals surface area contributed by atoms with Crippen LogP contribution in [0.1, 0.15) is 72.2 Å². The lowest BCUT2D eigenvalue weighted by molar-refractivity contribution is -0.132. The number of aryl methyl sites for hydroxylation is 4. The Kier molecular flexibility index (Phi) is 9.28. The second kappa shape index (κ2) is 13.1. The third-order valence-corrected chi connectivity index (χ3v) is 13.7. The molecule has 0 aromatic heterocycles. The van der Waals surface area contributed by atoms with Gasteiger partial charge in [0.1, 0.15) is 5.78 Å². The number of sulfonamides is 2. The Morgan fingerprint density at radius 3 is 1.53 bits per heavy atom. The highest BCUT2D eigenvalue weighted by molar-refractivity contribution is 7.89. The van der Waals surface area contributed by atoms with E-state index < -0.39 is 44.1 Å². The van der Waals surface area contributed by atoms with E-state index in [4.69, 9.17) is 0 Å². The molecule has 2 saturated heterocycles. The fourth-order valence-electron chi connectivity index (χ4n) is 7.02. The van der Waals surface area contributed by atoms with Gasteiger partial charge in [-0.25, -0.2) is 16.8 Å². The molecule has 2 aliphatic heterocycles. The lowest BCUT2D eigenvalue weighted by Gasteiger charge is -2.51. The Bertz CT molecular complexity index is 1960. The molecule has 4 aromatic rings. The Balaban J connectivity index is 1.50. The number of hydrogen-bond donors (Lipinski definition) is 0. The normalized spacial score (nSPS) is 22.6. The Morgan fingerprint density at radius 1 is 0.617 bits per heavy atom. The lowest BCUT2D eigenvalue weighted by atomic mass is 9.77. The highest BCUT2D eigenvalue weighted by atomic mass is 32.2. The summed E-state index contributed by atoms with van der Waals surface area (Å²) in [6.45, 7) is 7.81. The van der Waals surface area contributed by atoms with E-state index in [0.717, 1.165) is 46.2 Å². The van der Waals surface area contributed by atoms with Crippen molar-refractivity contribution in [2.24, 2.45) is 5.92 Å². The van der Waals surface area contributed by atoms with Gasteiger partial charge < -0.3 is 0 Å². The predicted molar refractivity (Wildman–Crippen MR) is 184 cm³/mol. The van der Waals surface area contributed by atoms with Crippen LogP contribution in [0.3, 0.4) is 0 Å². The van der Waals surface area contributed by atoms with Crippen LogP contribution in [0.25, 0.3) is 0 Å². The summed E-state index contributed by atoms with van der Waals surface area (Å²) in [6, 6.07) is 27.0. The van der Waals surface area contributed by atoms with Crippen molar-refractivity contribution in [1.82, 2.24) is 8.61 Å². The summed E-state index contributed by atoms with van der Waals surface area (Å²) in [7, 11) is -8.13. The fourth-order valence-corrected chi connectivity index (χ4v) is 10.5. The van der Waals surface area contributed by atoms with Gasteiger partial charge in [0, 0.05) is 24.9 Å². The maximum absolute atomic E-state index is 14.7. The van der Waals surface area contributed by atoms with E-state index >= 15 is 0 Å². The molecule has 0 spiro atoms. The van der Waals surface area contributed by atoms with Gasteiger partial charge >= 0.3 is 0 Å². The summed E-state index contributed by atoms with van der Waals surface area (Å²) in [6.07, 6.45) is 1.77. The number of benzene rings is 4. The van der Waals surface area contributed by atoms with E-state index in [2.05, 4.69) is 13.8 Å². The molecule has 9 heteroatoms. The van der Waals surface area contributed by atoms with Gasteiger partial charge in [-0.3, -0.25) is 4.79 Å². The van der Waals surface area contributed by atoms with Crippen LogP contribution in [0, 0.1) is 19.8 Å². The molecular weight excluding hydrogens is 629 g/mol. The first-order valence-electron chi connectivity index (χ1n) is 16.3. The van der Waals surface area contributed by atoms with Crippen molar-refractivity contribution in [2.45, 2.75) is 81.3 Å². The quantitative estimate of drug-likeness (QED) is 0.202. The largest absolute Gasteiger partial charge is 0.299 e. The van der Waals surface area contributed by atoms with E-state index in [9.17, 15) is 21.6 Å². The molecule has 0 aliphatic carbocycles. The minimum atomic E-state index is -4.10. The molecule has 0 bridgehead atoms. The van der Waals surface area contributed by atoms with Crippen molar-refractivity contribution in [1.29, 1.82) is 0 Å². The highest BCUT2D eigenvalue weighted by Crippen LogP contribution is 2.48. The molecule has 0 amide bonds. The van der Waals surface area contributed by atoms with E-state index in [1.165, 1.54) is 8.61 Å². The molecule has 6 rings (SSSR count). The molecule has 4 aromatic carbocycles. The lowest BCUT2D eigenvalue weighted by Crippen LogP contribution is -2.60. The van der Waals surface area contributed by atoms with Crippen molar-refractivity contribution < 1.29 is 21.6 Å². The predicted octanol–water partition coefficient (Wildman–Crippen LogP) is 6.95. The third kappa shape index (κ3) is 6.34. The number of nitrogens with zero attached hydrogens (tertiary/aromatic N) is 2. The fraction of sp³-hybridized carbons (Fsp3) is 0.342. The Hall–Kier alpha value is -3.63. The maximum Gasteiger partial charge on any atom is 0.243 e. The summed E-state index contributed by atoms with van der Waals surface area (Å²) in [5.74, 6) is -0.952. The molecule has 47 heavy (non-hydrogen) atoms. The number of hydrogen-bond acceptors (Lipinski definition) is 5. The summed E-state index contributed by atoms with van der Waals surface area (Å²) in [5, 5.41) is 0. The number of carbonyl (C=O) groups excluding carboxylic acids is 1. The van der Waals surface area contributed by atoms with Gasteiger partial charge in [-0.05, 0) is 79.6 Å². The van der Waals surface area contributed by atoms with E-state index in [0.29, 0.717) is 0 Å². The van der Waals surface area contributed by atoms with Crippen LogP contribution >= 0.6 is 0 Å². The molecule has 0 N–H and O–H groups in total. The highest BCUT2D eigenvalue weighted by Gasteiger charge is 2.54. The van der Waals surface area contributed by atoms with E-state index in [1.807, 2.05) is 62.4 Å². The number of ketones is 1. The van der Waals surface area contributed by atoms with Crippen molar-refractivity contribution >= 4 is 25.8 Å². The minimum Gasteiger partial charge on any atom is -0.299 e. The number of Topliss-reactive ketones (excluding diaryl/α,β-unsaturated/α-hetero) is 1. The van der Waals surface area contributed by atoms with Gasteiger partial charge in [-0.2, -0.15) is 8.61 Å².